The van der Waals surface area contributed by atoms with Gasteiger partial charge in [0, 0.05) is 20.0 Å². The third-order valence-corrected chi connectivity index (χ3v) is 8.72. The van der Waals surface area contributed by atoms with Gasteiger partial charge in [-0.05, 0) is 64.2 Å². The Morgan fingerprint density at radius 3 is 1.39 bits per heavy atom. The van der Waals surface area contributed by atoms with Gasteiger partial charge in [0.25, 0.3) is 0 Å². The number of rotatable bonds is 37. The molecule has 0 unspecified atom stereocenters. The molecule has 0 radical (unpaired) electrons. The van der Waals surface area contributed by atoms with E-state index in [4.69, 9.17) is 18.9 Å². The SMILES string of the molecule is CCCCCC[C@@H](O)C/C=C\CCCCCCCC(=O)OCC(COC(=O)CCCCCCC/C=C\C[C@H](O)CCCCCC)OCOC. The lowest BCUT2D eigenvalue weighted by Gasteiger charge is -2.17. The van der Waals surface area contributed by atoms with Crippen LogP contribution in [-0.2, 0) is 28.5 Å². The molecule has 0 saturated carbocycles. The van der Waals surface area contributed by atoms with Crippen LogP contribution in [0.3, 0.4) is 0 Å². The minimum Gasteiger partial charge on any atom is -0.463 e. The Balaban J connectivity index is 3.84. The number of carbonyl (C=O) groups excluding carboxylic acids is 2. The molecule has 8 nitrogen and oxygen atoms in total. The number of hydrogen-bond acceptors (Lipinski definition) is 8. The summed E-state index contributed by atoms with van der Waals surface area (Å²) in [4.78, 5) is 24.5. The summed E-state index contributed by atoms with van der Waals surface area (Å²) in [6.07, 6.45) is 33.5. The number of methoxy groups -OCH3 is 1. The van der Waals surface area contributed by atoms with Crippen molar-refractivity contribution in [3.05, 3.63) is 24.3 Å². The van der Waals surface area contributed by atoms with E-state index in [1.165, 1.54) is 45.6 Å². The Bertz CT molecular complexity index is 723. The van der Waals surface area contributed by atoms with Gasteiger partial charge in [-0.3, -0.25) is 9.59 Å². The number of carbonyl (C=O) groups is 2. The average Bonchev–Trinajstić information content (AvgIpc) is 3.09. The molecular formula is C41H76O8. The number of esters is 2. The molecule has 288 valence electrons. The third kappa shape index (κ3) is 35.9. The van der Waals surface area contributed by atoms with Crippen LogP contribution >= 0.6 is 0 Å². The maximum atomic E-state index is 12.2. The van der Waals surface area contributed by atoms with E-state index in [0.717, 1.165) is 116 Å². The Morgan fingerprint density at radius 2 is 0.959 bits per heavy atom. The van der Waals surface area contributed by atoms with Gasteiger partial charge >= 0.3 is 11.9 Å². The van der Waals surface area contributed by atoms with Crippen molar-refractivity contribution in [2.45, 2.75) is 199 Å². The molecule has 0 spiro atoms. The fraction of sp³-hybridized carbons (Fsp3) is 0.854. The molecule has 0 aromatic heterocycles. The first kappa shape index (κ1) is 47.3. The summed E-state index contributed by atoms with van der Waals surface area (Å²) in [5.41, 5.74) is 0. The topological polar surface area (TPSA) is 112 Å². The monoisotopic (exact) mass is 697 g/mol. The molecule has 0 saturated heterocycles. The van der Waals surface area contributed by atoms with Gasteiger partial charge in [0.15, 0.2) is 0 Å². The molecular weight excluding hydrogens is 620 g/mol. The number of aliphatic hydroxyl groups is 2. The van der Waals surface area contributed by atoms with Crippen LogP contribution < -0.4 is 0 Å². The van der Waals surface area contributed by atoms with Crippen LogP contribution in [-0.4, -0.2) is 67.6 Å². The first-order chi connectivity index (χ1) is 23.9. The van der Waals surface area contributed by atoms with Gasteiger partial charge in [-0.1, -0.05) is 128 Å². The van der Waals surface area contributed by atoms with E-state index < -0.39 is 6.10 Å². The zero-order valence-electron chi connectivity index (χ0n) is 31.9. The van der Waals surface area contributed by atoms with Gasteiger partial charge in [0.2, 0.25) is 0 Å². The van der Waals surface area contributed by atoms with Crippen molar-refractivity contribution < 1.29 is 38.7 Å². The second-order valence-electron chi connectivity index (χ2n) is 13.6. The average molecular weight is 697 g/mol. The van der Waals surface area contributed by atoms with E-state index >= 15 is 0 Å². The van der Waals surface area contributed by atoms with Crippen molar-refractivity contribution in [2.24, 2.45) is 0 Å². The normalized spacial score (nSPS) is 13.1. The molecule has 2 N–H and O–H groups in total. The Kier molecular flexibility index (Phi) is 36.2. The standard InChI is InChI=1S/C41H76O8/c1-4-6-8-22-28-37(42)30-24-18-14-10-12-16-20-26-32-40(44)47-34-39(49-36-46-3)35-48-41(45)33-27-21-17-13-11-15-19-25-31-38(43)29-23-9-7-5-2/h18-19,24-25,37-39,42-43H,4-17,20-23,26-36H2,1-3H3/b24-18-,25-19-/t37-,38-/m1/s1. The molecule has 49 heavy (non-hydrogen) atoms. The lowest BCUT2D eigenvalue weighted by molar-refractivity contribution is -0.162. The first-order valence-electron chi connectivity index (χ1n) is 20.0. The summed E-state index contributed by atoms with van der Waals surface area (Å²) < 4.78 is 21.3. The molecule has 0 aliphatic rings. The highest BCUT2D eigenvalue weighted by Crippen LogP contribution is 2.13. The summed E-state index contributed by atoms with van der Waals surface area (Å²) in [6, 6.07) is 0. The minimum absolute atomic E-state index is 0.0294. The molecule has 0 bridgehead atoms. The van der Waals surface area contributed by atoms with E-state index in [1.807, 2.05) is 0 Å². The molecule has 0 rings (SSSR count). The van der Waals surface area contributed by atoms with E-state index in [9.17, 15) is 19.8 Å². The predicted octanol–water partition coefficient (Wildman–Crippen LogP) is 10.1. The van der Waals surface area contributed by atoms with Crippen LogP contribution in [0.15, 0.2) is 24.3 Å². The number of aliphatic hydroxyl groups excluding tert-OH is 2. The van der Waals surface area contributed by atoms with Crippen molar-refractivity contribution >= 4 is 11.9 Å². The third-order valence-electron chi connectivity index (χ3n) is 8.72. The van der Waals surface area contributed by atoms with E-state index in [0.29, 0.717) is 12.8 Å². The maximum absolute atomic E-state index is 12.2. The highest BCUT2D eigenvalue weighted by Gasteiger charge is 2.16. The summed E-state index contributed by atoms with van der Waals surface area (Å²) in [5, 5.41) is 20.0. The molecule has 0 fully saturated rings. The second-order valence-corrected chi connectivity index (χ2v) is 13.6. The largest absolute Gasteiger partial charge is 0.463 e. The first-order valence-corrected chi connectivity index (χ1v) is 20.0. The molecule has 2 atom stereocenters. The summed E-state index contributed by atoms with van der Waals surface area (Å²) in [7, 11) is 1.52. The molecule has 8 heteroatoms. The number of unbranched alkanes of at least 4 members (excludes halogenated alkanes) is 16. The van der Waals surface area contributed by atoms with Gasteiger partial charge in [0.1, 0.15) is 26.1 Å². The molecule has 0 aromatic carbocycles. The molecule has 0 amide bonds. The Labute approximate surface area is 300 Å². The van der Waals surface area contributed by atoms with Crippen LogP contribution in [0.4, 0.5) is 0 Å². The van der Waals surface area contributed by atoms with Gasteiger partial charge in [0.05, 0.1) is 12.2 Å². The zero-order valence-corrected chi connectivity index (χ0v) is 31.9. The highest BCUT2D eigenvalue weighted by atomic mass is 16.7. The van der Waals surface area contributed by atoms with Crippen molar-refractivity contribution in [2.75, 3.05) is 27.1 Å². The number of hydrogen-bond donors (Lipinski definition) is 2. The zero-order chi connectivity index (χ0) is 36.0. The van der Waals surface area contributed by atoms with Gasteiger partial charge in [-0.2, -0.15) is 0 Å². The van der Waals surface area contributed by atoms with Crippen LogP contribution in [0, 0.1) is 0 Å². The summed E-state index contributed by atoms with van der Waals surface area (Å²) >= 11 is 0. The quantitative estimate of drug-likeness (QED) is 0.0286. The smallest absolute Gasteiger partial charge is 0.305 e. The maximum Gasteiger partial charge on any atom is 0.305 e. The van der Waals surface area contributed by atoms with Crippen molar-refractivity contribution in [1.82, 2.24) is 0 Å². The van der Waals surface area contributed by atoms with Crippen LogP contribution in [0.1, 0.15) is 181 Å². The van der Waals surface area contributed by atoms with Crippen LogP contribution in [0.25, 0.3) is 0 Å². The predicted molar refractivity (Wildman–Crippen MR) is 200 cm³/mol. The Morgan fingerprint density at radius 1 is 0.551 bits per heavy atom. The summed E-state index contributed by atoms with van der Waals surface area (Å²) in [5.74, 6) is -0.529. The summed E-state index contributed by atoms with van der Waals surface area (Å²) in [6.45, 7) is 4.49. The van der Waals surface area contributed by atoms with E-state index in [2.05, 4.69) is 38.2 Å². The van der Waals surface area contributed by atoms with Crippen molar-refractivity contribution in [3.8, 4) is 0 Å². The molecule has 0 aliphatic carbocycles. The number of ether oxygens (including phenoxy) is 4. The minimum atomic E-state index is -0.557. The molecule has 0 heterocycles. The van der Waals surface area contributed by atoms with Crippen molar-refractivity contribution in [1.29, 1.82) is 0 Å². The van der Waals surface area contributed by atoms with Crippen LogP contribution in [0.5, 0.6) is 0 Å². The second kappa shape index (κ2) is 37.5. The van der Waals surface area contributed by atoms with Gasteiger partial charge in [-0.15, -0.1) is 0 Å². The lowest BCUT2D eigenvalue weighted by atomic mass is 10.1. The highest BCUT2D eigenvalue weighted by molar-refractivity contribution is 5.69. The molecule has 0 aromatic rings. The van der Waals surface area contributed by atoms with Crippen molar-refractivity contribution in [3.63, 3.8) is 0 Å². The van der Waals surface area contributed by atoms with E-state index in [-0.39, 0.29) is 44.2 Å². The van der Waals surface area contributed by atoms with Crippen LogP contribution in [0.2, 0.25) is 0 Å². The number of allylic oxidation sites excluding steroid dienone is 2. The van der Waals surface area contributed by atoms with Gasteiger partial charge in [-0.25, -0.2) is 0 Å². The van der Waals surface area contributed by atoms with Gasteiger partial charge < -0.3 is 29.2 Å². The van der Waals surface area contributed by atoms with E-state index in [1.54, 1.807) is 0 Å². The fourth-order valence-electron chi connectivity index (χ4n) is 5.54. The fourth-order valence-corrected chi connectivity index (χ4v) is 5.54. The lowest BCUT2D eigenvalue weighted by Crippen LogP contribution is -2.29. The molecule has 0 aliphatic heterocycles. The Hall–Kier alpha value is -1.74.